The number of hydrogen-bond acceptors (Lipinski definition) is 10. The number of nitrogens with one attached hydrogen (secondary N) is 4. The molecule has 0 aliphatic rings. The van der Waals surface area contributed by atoms with E-state index in [2.05, 4.69) is 85.9 Å². The lowest BCUT2D eigenvalue weighted by Gasteiger charge is -2.16. The van der Waals surface area contributed by atoms with Crippen molar-refractivity contribution in [3.05, 3.63) is 157 Å². The third-order valence-corrected chi connectivity index (χ3v) is 17.4. The van der Waals surface area contributed by atoms with E-state index in [0.717, 1.165) is 83.6 Å². The van der Waals surface area contributed by atoms with E-state index in [4.69, 9.17) is 51.5 Å². The molecule has 6 aromatic heterocycles. The number of nitrogens with zero attached hydrogens (tertiary/aromatic N) is 9. The van der Waals surface area contributed by atoms with Crippen molar-refractivity contribution in [2.45, 2.75) is 107 Å². The fraction of sp³-hybridized carbons (Fsp3) is 0.254. The van der Waals surface area contributed by atoms with Crippen molar-refractivity contribution in [1.29, 1.82) is 0 Å². The van der Waals surface area contributed by atoms with Gasteiger partial charge in [-0.15, -0.1) is 4.68 Å². The molecule has 428 valence electrons. The molecule has 12 rings (SSSR count). The summed E-state index contributed by atoms with van der Waals surface area (Å²) in [5, 5.41) is 61.0. The minimum absolute atomic E-state index is 0.0171. The molecular weight excluding hydrogens is 1110 g/mol. The highest BCUT2D eigenvalue weighted by Crippen LogP contribution is 2.39. The highest BCUT2D eigenvalue weighted by atomic mass is 32.1. The van der Waals surface area contributed by atoms with Gasteiger partial charge in [0.05, 0.1) is 40.7 Å². The van der Waals surface area contributed by atoms with E-state index in [1.807, 2.05) is 109 Å². The summed E-state index contributed by atoms with van der Waals surface area (Å²) in [4.78, 5) is 8.54. The van der Waals surface area contributed by atoms with Crippen LogP contribution in [0.5, 0.6) is 28.7 Å². The number of para-hydroxylation sites is 1. The van der Waals surface area contributed by atoms with Gasteiger partial charge >= 0.3 is 9.54 Å². The normalized spacial score (nSPS) is 11.9. The van der Waals surface area contributed by atoms with Crippen molar-refractivity contribution >= 4 is 69.5 Å². The second kappa shape index (κ2) is 21.6. The zero-order valence-electron chi connectivity index (χ0n) is 48.1. The Balaban J connectivity index is 0.926. The minimum atomic E-state index is -0.149. The Hall–Kier alpha value is -9.05. The summed E-state index contributed by atoms with van der Waals surface area (Å²) in [6.45, 7) is 19.2. The summed E-state index contributed by atoms with van der Waals surface area (Å²) >= 11 is 18.7. The van der Waals surface area contributed by atoms with Gasteiger partial charge in [0.2, 0.25) is 6.73 Å². The average Bonchev–Trinajstić information content (AvgIpc) is 2.95. The van der Waals surface area contributed by atoms with Gasteiger partial charge in [0, 0.05) is 45.9 Å². The molecule has 0 radical (unpaired) electrons. The molecule has 0 fully saturated rings. The molecule has 6 heterocycles. The van der Waals surface area contributed by atoms with Gasteiger partial charge in [-0.25, -0.2) is 4.98 Å². The number of aromatic hydroxyl groups is 4. The molecule has 21 heteroatoms. The third kappa shape index (κ3) is 9.26. The van der Waals surface area contributed by atoms with Gasteiger partial charge in [-0.2, -0.15) is 24.4 Å². The van der Waals surface area contributed by atoms with E-state index >= 15 is 0 Å². The van der Waals surface area contributed by atoms with Crippen molar-refractivity contribution in [2.75, 3.05) is 0 Å². The molecule has 0 aliphatic heterocycles. The summed E-state index contributed by atoms with van der Waals surface area (Å²) < 4.78 is 21.9. The topological polar surface area (TPSA) is 211 Å². The van der Waals surface area contributed by atoms with Crippen molar-refractivity contribution in [3.63, 3.8) is 0 Å². The van der Waals surface area contributed by atoms with E-state index in [1.165, 1.54) is 11.6 Å². The summed E-state index contributed by atoms with van der Waals surface area (Å²) in [6.07, 6.45) is 5.65. The van der Waals surface area contributed by atoms with Crippen LogP contribution >= 0.6 is 36.7 Å². The summed E-state index contributed by atoms with van der Waals surface area (Å²) in [5.41, 5.74) is 14.2. The van der Waals surface area contributed by atoms with Crippen LogP contribution in [0.2, 0.25) is 0 Å². The zero-order chi connectivity index (χ0) is 59.2. The minimum Gasteiger partial charge on any atom is -0.508 e. The van der Waals surface area contributed by atoms with Gasteiger partial charge in [0.1, 0.15) is 52.2 Å². The van der Waals surface area contributed by atoms with Gasteiger partial charge in [-0.05, 0) is 210 Å². The Labute approximate surface area is 498 Å². The van der Waals surface area contributed by atoms with Crippen LogP contribution in [0.1, 0.15) is 79.7 Å². The van der Waals surface area contributed by atoms with Crippen LogP contribution in [0.4, 0.5) is 0 Å². The number of aromatic amines is 4. The Kier molecular flexibility index (Phi) is 14.3. The first-order valence-electron chi connectivity index (χ1n) is 28.1. The number of H-pyrrole nitrogens is 4. The lowest BCUT2D eigenvalue weighted by Crippen LogP contribution is -2.34. The average molecular weight is 1180 g/mol. The molecule has 8 N–H and O–H groups in total. The Morgan fingerprint density at radius 1 is 0.667 bits per heavy atom. The predicted octanol–water partition coefficient (Wildman–Crippen LogP) is 13.0. The van der Waals surface area contributed by atoms with Crippen LogP contribution in [-0.4, -0.2) is 73.9 Å². The maximum Gasteiger partial charge on any atom is 0.334 e. The second-order valence-corrected chi connectivity index (χ2v) is 22.8. The number of aryl methyl sites for hydroxylation is 9. The smallest absolute Gasteiger partial charge is 0.334 e. The molecule has 0 amide bonds. The number of hydrogen-bond donors (Lipinski definition) is 8. The van der Waals surface area contributed by atoms with Crippen LogP contribution in [0, 0.1) is 42.0 Å². The number of phenols is 4. The Bertz CT molecular complexity index is 4810. The molecular formula is C63H65N13O5S3+2. The molecule has 0 aliphatic carbocycles. The number of fused-ring (bicyclic) bond motifs is 3. The predicted molar refractivity (Wildman–Crippen MR) is 333 cm³/mol. The molecule has 0 bridgehead atoms. The molecule has 6 aromatic carbocycles. The molecule has 0 saturated carbocycles. The van der Waals surface area contributed by atoms with E-state index < -0.39 is 0 Å². The highest BCUT2D eigenvalue weighted by molar-refractivity contribution is 7.71. The van der Waals surface area contributed by atoms with Gasteiger partial charge in [0.25, 0.3) is 11.6 Å². The fourth-order valence-electron chi connectivity index (χ4n) is 11.6. The summed E-state index contributed by atoms with van der Waals surface area (Å²) in [5.74, 6) is 2.77. The second-order valence-electron chi connectivity index (χ2n) is 21.7. The van der Waals surface area contributed by atoms with Crippen LogP contribution in [0.3, 0.4) is 0 Å². The Morgan fingerprint density at radius 3 is 2.04 bits per heavy atom. The van der Waals surface area contributed by atoms with Gasteiger partial charge in [-0.1, -0.05) is 31.5 Å². The van der Waals surface area contributed by atoms with Crippen LogP contribution in [0.25, 0.3) is 84.1 Å². The molecule has 18 nitrogen and oxygen atoms in total. The quantitative estimate of drug-likeness (QED) is 0.0339. The molecule has 0 atom stereocenters. The van der Waals surface area contributed by atoms with E-state index in [0.29, 0.717) is 86.4 Å². The molecule has 0 spiro atoms. The van der Waals surface area contributed by atoms with E-state index in [9.17, 15) is 20.4 Å². The molecule has 12 aromatic rings. The van der Waals surface area contributed by atoms with Gasteiger partial charge < -0.3 is 39.3 Å². The summed E-state index contributed by atoms with van der Waals surface area (Å²) in [7, 11) is 0. The SMILES string of the molecule is CCc1cc(-c2n[nH]c(=S)n2-c2ccc(OCn3[nH]c(-c4cc(CC)c(O)cc4O)[n+](-c4cccc5c4ncn5CCn4[nH]c(-c5cc(CC)c(O)cc5C)[n+](-c5ccc6[nH]c(C)c(C)c6c5)c4=S)c3=S)c3c2ccn3C(C)C)c(C)cc1O. The monoisotopic (exact) mass is 1180 g/mol. The van der Waals surface area contributed by atoms with E-state index in [-0.39, 0.29) is 35.8 Å². The molecule has 0 saturated heterocycles. The van der Waals surface area contributed by atoms with Crippen molar-refractivity contribution < 1.29 is 34.3 Å². The first kappa shape index (κ1) is 55.5. The number of benzene rings is 6. The number of phenolic OH excluding ortho intramolecular Hbond substituents is 4. The fourth-order valence-corrected chi connectivity index (χ4v) is 12.5. The molecule has 84 heavy (non-hydrogen) atoms. The highest BCUT2D eigenvalue weighted by Gasteiger charge is 2.30. The number of imidazole rings is 1. The van der Waals surface area contributed by atoms with Crippen molar-refractivity contribution in [1.82, 2.24) is 53.4 Å². The number of ether oxygens (including phenoxy) is 1. The van der Waals surface area contributed by atoms with Crippen LogP contribution in [-0.2, 0) is 39.1 Å². The summed E-state index contributed by atoms with van der Waals surface area (Å²) in [6, 6.07) is 28.9. The largest absolute Gasteiger partial charge is 0.508 e. The Morgan fingerprint density at radius 2 is 1.32 bits per heavy atom. The number of aromatic nitrogens is 13. The van der Waals surface area contributed by atoms with Crippen LogP contribution < -0.4 is 13.9 Å². The van der Waals surface area contributed by atoms with Crippen molar-refractivity contribution in [3.8, 4) is 80.0 Å². The first-order valence-corrected chi connectivity index (χ1v) is 29.3. The standard InChI is InChI=1S/C63H63N13O5S3/c1-10-38-26-43(34(6)24-51(38)77)58-66-67-61(82)75(58)48-18-19-55(57-42(48)20-21-71(57)33(4)5)81-32-73-63(84)76(60(69-73)46-28-40(12-3)53(79)30-54(46)80)50-15-13-14-49-56(50)64-31-70(49)22-23-72-62(83)74(41-16-17-47-45(29-41)36(8)37(9)65-47)59(68-72)44-27-39(11-2)52(78)25-35(44)7/h13-21,24-31,33,65H,10-12,22-23,32H2,1-9H3,(H5,66,67,68,69,77,78,79,80,82)/p+2. The van der Waals surface area contributed by atoms with Crippen LogP contribution in [0.15, 0.2) is 104 Å². The van der Waals surface area contributed by atoms with Gasteiger partial charge in [0.15, 0.2) is 10.6 Å². The number of rotatable bonds is 16. The third-order valence-electron chi connectivity index (χ3n) is 16.3. The lowest BCUT2D eigenvalue weighted by molar-refractivity contribution is -0.592. The maximum atomic E-state index is 11.6. The zero-order valence-corrected chi connectivity index (χ0v) is 50.5. The van der Waals surface area contributed by atoms with Gasteiger partial charge in [-0.3, -0.25) is 9.67 Å². The maximum absolute atomic E-state index is 11.6. The van der Waals surface area contributed by atoms with Crippen molar-refractivity contribution in [2.24, 2.45) is 0 Å². The molecule has 0 unspecified atom stereocenters. The first-order chi connectivity index (χ1) is 40.4. The van der Waals surface area contributed by atoms with E-state index in [1.54, 1.807) is 16.8 Å². The lowest BCUT2D eigenvalue weighted by atomic mass is 10.0.